The van der Waals surface area contributed by atoms with Crippen molar-refractivity contribution < 1.29 is 32.2 Å². The van der Waals surface area contributed by atoms with E-state index in [-0.39, 0.29) is 27.1 Å². The fourth-order valence-corrected chi connectivity index (χ4v) is 2.73. The Bertz CT molecular complexity index is 1050. The minimum absolute atomic E-state index is 0.0433. The van der Waals surface area contributed by atoms with Gasteiger partial charge in [-0.2, -0.15) is 0 Å². The molecule has 3 aromatic carbocycles. The third-order valence-electron chi connectivity index (χ3n) is 3.51. The molecule has 0 aliphatic heterocycles. The molecular formula is C20H10BrF3O4. The van der Waals surface area contributed by atoms with E-state index in [9.17, 15) is 22.8 Å². The zero-order chi connectivity index (χ0) is 20.3. The van der Waals surface area contributed by atoms with Gasteiger partial charge in [0.25, 0.3) is 0 Å². The van der Waals surface area contributed by atoms with Crippen molar-refractivity contribution in [2.24, 2.45) is 0 Å². The third-order valence-corrected chi connectivity index (χ3v) is 4.13. The highest BCUT2D eigenvalue weighted by Gasteiger charge is 2.21. The van der Waals surface area contributed by atoms with Crippen LogP contribution in [-0.4, -0.2) is 11.9 Å². The van der Waals surface area contributed by atoms with E-state index in [1.54, 1.807) is 0 Å². The molecule has 0 aliphatic rings. The second-order valence-corrected chi connectivity index (χ2v) is 6.36. The molecule has 3 rings (SSSR count). The Kier molecular flexibility index (Phi) is 5.79. The van der Waals surface area contributed by atoms with Crippen LogP contribution in [-0.2, 0) is 0 Å². The number of carbonyl (C=O) groups excluding carboxylic acids is 2. The molecule has 0 unspecified atom stereocenters. The van der Waals surface area contributed by atoms with Gasteiger partial charge in [0.05, 0.1) is 15.6 Å². The van der Waals surface area contributed by atoms with E-state index >= 15 is 0 Å². The van der Waals surface area contributed by atoms with Crippen LogP contribution in [0.15, 0.2) is 65.1 Å². The van der Waals surface area contributed by atoms with Crippen LogP contribution in [0, 0.1) is 17.5 Å². The van der Waals surface area contributed by atoms with Crippen molar-refractivity contribution in [1.82, 2.24) is 0 Å². The summed E-state index contributed by atoms with van der Waals surface area (Å²) in [6, 6.07) is 11.3. The summed E-state index contributed by atoms with van der Waals surface area (Å²) in [5.74, 6) is -4.58. The van der Waals surface area contributed by atoms with Crippen LogP contribution in [0.3, 0.4) is 0 Å². The van der Waals surface area contributed by atoms with Crippen molar-refractivity contribution in [3.05, 3.63) is 93.7 Å². The number of benzene rings is 3. The predicted octanol–water partition coefficient (Wildman–Crippen LogP) is 5.30. The Labute approximate surface area is 165 Å². The molecule has 0 amide bonds. The first-order chi connectivity index (χ1) is 13.3. The molecule has 0 radical (unpaired) electrons. The van der Waals surface area contributed by atoms with Gasteiger partial charge in [-0.3, -0.25) is 0 Å². The predicted molar refractivity (Wildman–Crippen MR) is 96.8 cm³/mol. The summed E-state index contributed by atoms with van der Waals surface area (Å²) in [7, 11) is 0. The minimum atomic E-state index is -1.00. The highest BCUT2D eigenvalue weighted by atomic mass is 79.9. The largest absolute Gasteiger partial charge is 0.423 e. The lowest BCUT2D eigenvalue weighted by molar-refractivity contribution is 0.0690. The Morgan fingerprint density at radius 3 is 1.86 bits per heavy atom. The Morgan fingerprint density at radius 2 is 1.29 bits per heavy atom. The lowest BCUT2D eigenvalue weighted by Gasteiger charge is -2.10. The van der Waals surface area contributed by atoms with Gasteiger partial charge in [0.1, 0.15) is 29.0 Å². The summed E-state index contributed by atoms with van der Waals surface area (Å²) in [6.45, 7) is 0. The van der Waals surface area contributed by atoms with Crippen molar-refractivity contribution in [3.8, 4) is 11.5 Å². The van der Waals surface area contributed by atoms with Gasteiger partial charge in [0.15, 0.2) is 0 Å². The monoisotopic (exact) mass is 450 g/mol. The lowest BCUT2D eigenvalue weighted by Crippen LogP contribution is -2.17. The van der Waals surface area contributed by atoms with E-state index in [1.165, 1.54) is 30.3 Å². The fraction of sp³-hybridized carbons (Fsp3) is 0. The fourth-order valence-electron chi connectivity index (χ4n) is 2.30. The number of hydrogen-bond donors (Lipinski definition) is 0. The first-order valence-electron chi connectivity index (χ1n) is 7.78. The van der Waals surface area contributed by atoms with Crippen molar-refractivity contribution in [2.45, 2.75) is 0 Å². The number of ether oxygens (including phenoxy) is 2. The number of rotatable bonds is 4. The molecule has 0 atom stereocenters. The Hall–Kier alpha value is -3.13. The average molecular weight is 451 g/mol. The quantitative estimate of drug-likeness (QED) is 0.399. The zero-order valence-corrected chi connectivity index (χ0v) is 15.5. The Balaban J connectivity index is 1.85. The molecule has 0 fully saturated rings. The average Bonchev–Trinajstić information content (AvgIpc) is 2.63. The summed E-state index contributed by atoms with van der Waals surface area (Å²) in [5.41, 5.74) is -0.309. The second kappa shape index (κ2) is 8.26. The Morgan fingerprint density at radius 1 is 0.714 bits per heavy atom. The van der Waals surface area contributed by atoms with E-state index in [0.717, 1.165) is 24.3 Å². The zero-order valence-electron chi connectivity index (χ0n) is 13.9. The molecular weight excluding hydrogens is 441 g/mol. The minimum Gasteiger partial charge on any atom is -0.423 e. The highest BCUT2D eigenvalue weighted by Crippen LogP contribution is 2.27. The van der Waals surface area contributed by atoms with Gasteiger partial charge in [0, 0.05) is 18.2 Å². The SMILES string of the molecule is O=C(Oc1cc(F)cc(F)c1)c1ccccc1C(=O)Oc1ccc(F)cc1Br. The van der Waals surface area contributed by atoms with Gasteiger partial charge in [-0.05, 0) is 46.3 Å². The number of esters is 2. The second-order valence-electron chi connectivity index (χ2n) is 5.50. The summed E-state index contributed by atoms with van der Waals surface area (Å²) in [5, 5.41) is 0. The maximum atomic E-state index is 13.3. The van der Waals surface area contributed by atoms with Crippen molar-refractivity contribution >= 4 is 27.9 Å². The van der Waals surface area contributed by atoms with Gasteiger partial charge in [-0.15, -0.1) is 0 Å². The van der Waals surface area contributed by atoms with Gasteiger partial charge in [-0.25, -0.2) is 22.8 Å². The summed E-state index contributed by atoms with van der Waals surface area (Å²) in [6.07, 6.45) is 0. The lowest BCUT2D eigenvalue weighted by atomic mass is 10.1. The smallest absolute Gasteiger partial charge is 0.344 e. The van der Waals surface area contributed by atoms with Gasteiger partial charge >= 0.3 is 11.9 Å². The summed E-state index contributed by atoms with van der Waals surface area (Å²) in [4.78, 5) is 24.9. The molecule has 4 nitrogen and oxygen atoms in total. The third kappa shape index (κ3) is 4.58. The molecule has 0 N–H and O–H groups in total. The topological polar surface area (TPSA) is 52.6 Å². The highest BCUT2D eigenvalue weighted by molar-refractivity contribution is 9.10. The van der Waals surface area contributed by atoms with E-state index in [4.69, 9.17) is 9.47 Å². The molecule has 0 saturated heterocycles. The first kappa shape index (κ1) is 19.6. The first-order valence-corrected chi connectivity index (χ1v) is 8.57. The molecule has 0 aliphatic carbocycles. The van der Waals surface area contributed by atoms with E-state index in [0.29, 0.717) is 6.07 Å². The van der Waals surface area contributed by atoms with Crippen molar-refractivity contribution in [2.75, 3.05) is 0 Å². The normalized spacial score (nSPS) is 10.4. The number of carbonyl (C=O) groups is 2. The summed E-state index contributed by atoms with van der Waals surface area (Å²) >= 11 is 3.07. The maximum Gasteiger partial charge on any atom is 0.344 e. The van der Waals surface area contributed by atoms with E-state index in [2.05, 4.69) is 15.9 Å². The van der Waals surface area contributed by atoms with Gasteiger partial charge < -0.3 is 9.47 Å². The van der Waals surface area contributed by atoms with Crippen LogP contribution in [0.5, 0.6) is 11.5 Å². The van der Waals surface area contributed by atoms with E-state index < -0.39 is 29.4 Å². The molecule has 28 heavy (non-hydrogen) atoms. The summed E-state index contributed by atoms with van der Waals surface area (Å²) < 4.78 is 50.0. The van der Waals surface area contributed by atoms with Crippen molar-refractivity contribution in [3.63, 3.8) is 0 Å². The molecule has 0 spiro atoms. The van der Waals surface area contributed by atoms with Crippen LogP contribution in [0.2, 0.25) is 0 Å². The molecule has 3 aromatic rings. The molecule has 0 saturated carbocycles. The van der Waals surface area contributed by atoms with Crippen LogP contribution in [0.1, 0.15) is 20.7 Å². The van der Waals surface area contributed by atoms with Crippen LogP contribution in [0.4, 0.5) is 13.2 Å². The molecule has 142 valence electrons. The molecule has 8 heteroatoms. The number of halogens is 4. The van der Waals surface area contributed by atoms with Gasteiger partial charge in [-0.1, -0.05) is 12.1 Å². The maximum absolute atomic E-state index is 13.3. The van der Waals surface area contributed by atoms with E-state index in [1.807, 2.05) is 0 Å². The van der Waals surface area contributed by atoms with Crippen molar-refractivity contribution in [1.29, 1.82) is 0 Å². The molecule has 0 aromatic heterocycles. The van der Waals surface area contributed by atoms with Gasteiger partial charge in [0.2, 0.25) is 0 Å². The van der Waals surface area contributed by atoms with Crippen LogP contribution >= 0.6 is 15.9 Å². The standard InChI is InChI=1S/C20H10BrF3O4/c21-17-10-11(22)5-6-18(17)28-20(26)16-4-2-1-3-15(16)19(25)27-14-8-12(23)7-13(24)9-14/h1-10H. The molecule has 0 heterocycles. The molecule has 0 bridgehead atoms. The van der Waals surface area contributed by atoms with Crippen LogP contribution in [0.25, 0.3) is 0 Å². The number of hydrogen-bond acceptors (Lipinski definition) is 4. The van der Waals surface area contributed by atoms with Crippen LogP contribution < -0.4 is 9.47 Å².